The second-order valence-electron chi connectivity index (χ2n) is 4.30. The Morgan fingerprint density at radius 3 is 2.60 bits per heavy atom. The summed E-state index contributed by atoms with van der Waals surface area (Å²) in [6, 6.07) is -1.84. The largest absolute Gasteiger partial charge is 0.480 e. The Balaban J connectivity index is 2.45. The molecule has 0 spiro atoms. The normalized spacial score (nSPS) is 42.3. The number of nitrogens with zero attached hydrogens (tertiary/aromatic N) is 1. The van der Waals surface area contributed by atoms with Crippen LogP contribution < -0.4 is 5.73 Å². The molecule has 0 radical (unpaired) electrons. The maximum atomic E-state index is 11.9. The molecule has 2 rings (SSSR count). The van der Waals surface area contributed by atoms with Gasteiger partial charge in [-0.3, -0.25) is 9.00 Å². The van der Waals surface area contributed by atoms with Crippen LogP contribution in [0.5, 0.6) is 0 Å². The van der Waals surface area contributed by atoms with Gasteiger partial charge in [0, 0.05) is 0 Å². The molecule has 0 saturated carbocycles. The first-order valence-corrected chi connectivity index (χ1v) is 5.72. The van der Waals surface area contributed by atoms with Crippen LogP contribution in [0, 0.1) is 0 Å². The second-order valence-corrected chi connectivity index (χ2v) is 6.43. The highest BCUT2D eigenvalue weighted by Crippen LogP contribution is 2.42. The Morgan fingerprint density at radius 1 is 1.60 bits per heavy atom. The monoisotopic (exact) mass is 232 g/mol. The number of carbonyl (C=O) groups excluding carboxylic acids is 1. The zero-order valence-electron chi connectivity index (χ0n) is 8.34. The third-order valence-electron chi connectivity index (χ3n) is 3.03. The molecular formula is C8H12N2O4S. The minimum Gasteiger partial charge on any atom is -0.480 e. The third kappa shape index (κ3) is 1.04. The maximum Gasteiger partial charge on any atom is 0.328 e. The van der Waals surface area contributed by atoms with Crippen molar-refractivity contribution in [1.82, 2.24) is 4.90 Å². The zero-order valence-corrected chi connectivity index (χ0v) is 9.15. The number of amides is 1. The lowest BCUT2D eigenvalue weighted by molar-refractivity contribution is -0.159. The third-order valence-corrected chi connectivity index (χ3v) is 5.25. The molecule has 84 valence electrons. The average molecular weight is 232 g/mol. The Hall–Kier alpha value is -0.950. The predicted octanol–water partition coefficient (Wildman–Crippen LogP) is -1.52. The van der Waals surface area contributed by atoms with Crippen LogP contribution in [0.1, 0.15) is 13.8 Å². The van der Waals surface area contributed by atoms with E-state index in [9.17, 15) is 13.8 Å². The van der Waals surface area contributed by atoms with E-state index in [2.05, 4.69) is 0 Å². The number of fused-ring (bicyclic) bond motifs is 1. The number of β-lactam (4-membered cyclic amide) rings is 1. The zero-order chi connectivity index (χ0) is 11.5. The Bertz CT molecular complexity index is 381. The van der Waals surface area contributed by atoms with Crippen molar-refractivity contribution in [2.24, 2.45) is 5.73 Å². The van der Waals surface area contributed by atoms with Crippen molar-refractivity contribution in [1.29, 1.82) is 0 Å². The van der Waals surface area contributed by atoms with Gasteiger partial charge < -0.3 is 15.7 Å². The molecule has 0 bridgehead atoms. The lowest BCUT2D eigenvalue weighted by Gasteiger charge is -2.40. The molecule has 3 N–H and O–H groups in total. The first kappa shape index (κ1) is 10.6. The fraction of sp³-hybridized carbons (Fsp3) is 0.750. The molecule has 4 atom stereocenters. The van der Waals surface area contributed by atoms with Gasteiger partial charge in [-0.1, -0.05) is 0 Å². The molecule has 2 fully saturated rings. The molecule has 15 heavy (non-hydrogen) atoms. The first-order valence-electron chi connectivity index (χ1n) is 4.51. The van der Waals surface area contributed by atoms with Gasteiger partial charge in [0.15, 0.2) is 0 Å². The lowest BCUT2D eigenvalue weighted by Crippen LogP contribution is -2.69. The van der Waals surface area contributed by atoms with Gasteiger partial charge in [-0.25, -0.2) is 4.79 Å². The van der Waals surface area contributed by atoms with Gasteiger partial charge in [-0.15, -0.1) is 0 Å². The van der Waals surface area contributed by atoms with Crippen LogP contribution in [0.4, 0.5) is 0 Å². The first-order chi connectivity index (χ1) is 6.80. The number of carboxylic acid groups (broad SMARTS) is 1. The van der Waals surface area contributed by atoms with Crippen LogP contribution in [0.2, 0.25) is 0 Å². The number of nitrogens with two attached hydrogens (primary N) is 1. The van der Waals surface area contributed by atoms with Crippen LogP contribution in [0.3, 0.4) is 0 Å². The SMILES string of the molecule is CC1(C)[C@H](C(=O)O)N2C(=O)[C@@H](N)[C@H]2[S@@]1=O. The van der Waals surface area contributed by atoms with E-state index in [4.69, 9.17) is 10.8 Å². The van der Waals surface area contributed by atoms with Crippen LogP contribution in [0.15, 0.2) is 0 Å². The number of carbonyl (C=O) groups is 2. The smallest absolute Gasteiger partial charge is 0.328 e. The van der Waals surface area contributed by atoms with Gasteiger partial charge in [0.2, 0.25) is 5.91 Å². The summed E-state index contributed by atoms with van der Waals surface area (Å²) in [5, 5.41) is 8.39. The Labute approximate surface area is 88.9 Å². The van der Waals surface area contributed by atoms with Crippen molar-refractivity contribution in [2.45, 2.75) is 36.1 Å². The number of aliphatic carboxylic acids is 1. The molecule has 0 aromatic heterocycles. The summed E-state index contributed by atoms with van der Waals surface area (Å²) < 4.78 is 11.0. The van der Waals surface area contributed by atoms with Crippen molar-refractivity contribution in [3.05, 3.63) is 0 Å². The van der Waals surface area contributed by atoms with Crippen molar-refractivity contribution < 1.29 is 18.9 Å². The van der Waals surface area contributed by atoms with Crippen molar-refractivity contribution >= 4 is 22.7 Å². The van der Waals surface area contributed by atoms with Gasteiger partial charge in [-0.2, -0.15) is 0 Å². The van der Waals surface area contributed by atoms with Gasteiger partial charge in [-0.05, 0) is 13.8 Å². The van der Waals surface area contributed by atoms with E-state index < -0.39 is 44.9 Å². The Morgan fingerprint density at radius 2 is 2.13 bits per heavy atom. The van der Waals surface area contributed by atoms with E-state index in [1.54, 1.807) is 13.8 Å². The van der Waals surface area contributed by atoms with Gasteiger partial charge in [0.05, 0.1) is 15.5 Å². The summed E-state index contributed by atoms with van der Waals surface area (Å²) in [6.07, 6.45) is 0. The summed E-state index contributed by atoms with van der Waals surface area (Å²) in [6.45, 7) is 3.17. The molecule has 7 heteroatoms. The van der Waals surface area contributed by atoms with Crippen molar-refractivity contribution in [3.63, 3.8) is 0 Å². The molecule has 2 aliphatic rings. The maximum absolute atomic E-state index is 11.9. The van der Waals surface area contributed by atoms with Crippen molar-refractivity contribution in [2.75, 3.05) is 0 Å². The van der Waals surface area contributed by atoms with E-state index in [1.165, 1.54) is 0 Å². The minimum absolute atomic E-state index is 0.425. The average Bonchev–Trinajstić information content (AvgIpc) is 2.32. The number of carboxylic acids is 1. The predicted molar refractivity (Wildman–Crippen MR) is 52.3 cm³/mol. The van der Waals surface area contributed by atoms with Gasteiger partial charge in [0.25, 0.3) is 0 Å². The fourth-order valence-corrected chi connectivity index (χ4v) is 4.06. The summed E-state index contributed by atoms with van der Waals surface area (Å²) >= 11 is 0. The second kappa shape index (κ2) is 2.79. The standard InChI is InChI=1S/C8H12N2O4S/c1-8(2)4(7(12)13)10-5(11)3(9)6(10)15(8)14/h3-4,6H,9H2,1-2H3,(H,12,13)/t3-,4+,6-,15+/m1/s1. The highest BCUT2D eigenvalue weighted by atomic mass is 32.2. The van der Waals surface area contributed by atoms with E-state index in [0.29, 0.717) is 0 Å². The molecule has 0 unspecified atom stereocenters. The number of rotatable bonds is 1. The molecule has 6 nitrogen and oxygen atoms in total. The van der Waals surface area contributed by atoms with E-state index in [-0.39, 0.29) is 0 Å². The minimum atomic E-state index is -1.42. The van der Waals surface area contributed by atoms with Crippen LogP contribution in [-0.4, -0.2) is 48.3 Å². The van der Waals surface area contributed by atoms with Crippen molar-refractivity contribution in [3.8, 4) is 0 Å². The highest BCUT2D eigenvalue weighted by Gasteiger charge is 2.66. The van der Waals surface area contributed by atoms with E-state index in [1.807, 2.05) is 0 Å². The molecule has 0 aromatic carbocycles. The topological polar surface area (TPSA) is 101 Å². The molecule has 2 saturated heterocycles. The summed E-state index contributed by atoms with van der Waals surface area (Å²) in [4.78, 5) is 23.6. The molecule has 1 amide bonds. The molecule has 2 aliphatic heterocycles. The molecule has 2 heterocycles. The lowest BCUT2D eigenvalue weighted by atomic mass is 9.96. The Kier molecular flexibility index (Phi) is 1.97. The summed E-state index contributed by atoms with van der Waals surface area (Å²) in [7, 11) is -1.42. The molecular weight excluding hydrogens is 220 g/mol. The summed E-state index contributed by atoms with van der Waals surface area (Å²) in [5.74, 6) is -1.55. The number of hydrogen-bond acceptors (Lipinski definition) is 4. The van der Waals surface area contributed by atoms with E-state index in [0.717, 1.165) is 4.90 Å². The highest BCUT2D eigenvalue weighted by molar-refractivity contribution is 7.87. The molecule has 0 aromatic rings. The number of hydrogen-bond donors (Lipinski definition) is 2. The fourth-order valence-electron chi connectivity index (χ4n) is 2.19. The molecule has 0 aliphatic carbocycles. The van der Waals surface area contributed by atoms with Crippen LogP contribution >= 0.6 is 0 Å². The quantitative estimate of drug-likeness (QED) is 0.534. The summed E-state index contributed by atoms with van der Waals surface area (Å²) in [5.41, 5.74) is 5.50. The van der Waals surface area contributed by atoms with Crippen LogP contribution in [-0.2, 0) is 20.4 Å². The van der Waals surface area contributed by atoms with E-state index >= 15 is 0 Å². The van der Waals surface area contributed by atoms with Gasteiger partial charge >= 0.3 is 5.97 Å². The van der Waals surface area contributed by atoms with Crippen LogP contribution in [0.25, 0.3) is 0 Å². The van der Waals surface area contributed by atoms with Gasteiger partial charge in [0.1, 0.15) is 17.5 Å².